The van der Waals surface area contributed by atoms with E-state index in [2.05, 4.69) is 16.5 Å². The predicted octanol–water partition coefficient (Wildman–Crippen LogP) is 3.37. The summed E-state index contributed by atoms with van der Waals surface area (Å²) in [5.74, 6) is 0. The second kappa shape index (κ2) is 4.57. The van der Waals surface area contributed by atoms with Gasteiger partial charge < -0.3 is 4.42 Å². The lowest BCUT2D eigenvalue weighted by Crippen LogP contribution is -1.89. The van der Waals surface area contributed by atoms with E-state index in [0.717, 1.165) is 16.8 Å². The van der Waals surface area contributed by atoms with E-state index in [-0.39, 0.29) is 0 Å². The zero-order valence-electron chi connectivity index (χ0n) is 9.05. The summed E-state index contributed by atoms with van der Waals surface area (Å²) in [6.07, 6.45) is 10.7. The Morgan fingerprint density at radius 3 is 3.06 bits per heavy atom. The topological polar surface area (TPSA) is 38.9 Å². The lowest BCUT2D eigenvalue weighted by atomic mass is 10.1. The van der Waals surface area contributed by atoms with Crippen LogP contribution in [0.2, 0.25) is 0 Å². The Balaban J connectivity index is 2.64. The van der Waals surface area contributed by atoms with Gasteiger partial charge in [-0.1, -0.05) is 30.9 Å². The first-order chi connectivity index (χ1) is 7.86. The Labute approximate surface area is 93.8 Å². The molecule has 0 aromatic carbocycles. The van der Waals surface area contributed by atoms with Gasteiger partial charge >= 0.3 is 0 Å². The van der Waals surface area contributed by atoms with Crippen LogP contribution in [-0.4, -0.2) is 9.97 Å². The number of aromatic nitrogens is 2. The zero-order chi connectivity index (χ0) is 11.4. The lowest BCUT2D eigenvalue weighted by Gasteiger charge is -2.00. The zero-order valence-corrected chi connectivity index (χ0v) is 9.05. The maximum atomic E-state index is 5.39. The van der Waals surface area contributed by atoms with Crippen molar-refractivity contribution in [1.82, 2.24) is 9.97 Å². The van der Waals surface area contributed by atoms with Gasteiger partial charge in [-0.15, -0.1) is 0 Å². The molecule has 0 aliphatic carbocycles. The minimum absolute atomic E-state index is 0.703. The summed E-state index contributed by atoms with van der Waals surface area (Å²) in [6, 6.07) is 1.82. The van der Waals surface area contributed by atoms with Gasteiger partial charge in [0.15, 0.2) is 5.58 Å². The highest BCUT2D eigenvalue weighted by Crippen LogP contribution is 2.23. The molecule has 0 atom stereocenters. The number of nitrogens with zero attached hydrogens (tertiary/aromatic N) is 2. The van der Waals surface area contributed by atoms with E-state index < -0.39 is 0 Å². The first-order valence-corrected chi connectivity index (χ1v) is 5.01. The standard InChI is InChI=1S/C13H12N2O/c1-3-5-10(6-4-2)12-13-11(7-8-16-13)14-9-15-12/h3-9H,1H2,2H3/b6-4-,10-5+. The fourth-order valence-electron chi connectivity index (χ4n) is 1.51. The minimum atomic E-state index is 0.703. The van der Waals surface area contributed by atoms with Crippen molar-refractivity contribution in [1.29, 1.82) is 0 Å². The fourth-order valence-corrected chi connectivity index (χ4v) is 1.51. The molecule has 0 amide bonds. The molecule has 80 valence electrons. The van der Waals surface area contributed by atoms with Crippen molar-refractivity contribution < 1.29 is 4.42 Å². The molecule has 2 heterocycles. The molecule has 16 heavy (non-hydrogen) atoms. The largest absolute Gasteiger partial charge is 0.460 e. The molecule has 0 aliphatic rings. The first-order valence-electron chi connectivity index (χ1n) is 5.01. The van der Waals surface area contributed by atoms with Gasteiger partial charge in [-0.2, -0.15) is 0 Å². The van der Waals surface area contributed by atoms with E-state index >= 15 is 0 Å². The van der Waals surface area contributed by atoms with Gasteiger partial charge in [0.2, 0.25) is 0 Å². The number of allylic oxidation sites excluding steroid dienone is 5. The molecule has 3 nitrogen and oxygen atoms in total. The summed E-state index contributed by atoms with van der Waals surface area (Å²) in [4.78, 5) is 8.37. The average Bonchev–Trinajstić information content (AvgIpc) is 2.76. The van der Waals surface area contributed by atoms with E-state index in [9.17, 15) is 0 Å². The van der Waals surface area contributed by atoms with Crippen LogP contribution < -0.4 is 0 Å². The van der Waals surface area contributed by atoms with Crippen molar-refractivity contribution in [3.8, 4) is 0 Å². The third-order valence-corrected chi connectivity index (χ3v) is 2.16. The number of hydrogen-bond acceptors (Lipinski definition) is 3. The van der Waals surface area contributed by atoms with Crippen molar-refractivity contribution in [3.05, 3.63) is 55.2 Å². The highest BCUT2D eigenvalue weighted by Gasteiger charge is 2.08. The van der Waals surface area contributed by atoms with E-state index in [0.29, 0.717) is 5.58 Å². The van der Waals surface area contributed by atoms with Gasteiger partial charge in [0.25, 0.3) is 0 Å². The average molecular weight is 212 g/mol. The van der Waals surface area contributed by atoms with Crippen LogP contribution in [0, 0.1) is 0 Å². The number of rotatable bonds is 3. The van der Waals surface area contributed by atoms with E-state index in [4.69, 9.17) is 4.42 Å². The van der Waals surface area contributed by atoms with Crippen LogP contribution >= 0.6 is 0 Å². The highest BCUT2D eigenvalue weighted by atomic mass is 16.3. The predicted molar refractivity (Wildman–Crippen MR) is 64.8 cm³/mol. The summed E-state index contributed by atoms with van der Waals surface area (Å²) in [7, 11) is 0. The molecule has 0 saturated carbocycles. The fraction of sp³-hybridized carbons (Fsp3) is 0.0769. The second-order valence-electron chi connectivity index (χ2n) is 3.21. The van der Waals surface area contributed by atoms with Crippen LogP contribution in [0.3, 0.4) is 0 Å². The summed E-state index contributed by atoms with van der Waals surface area (Å²) in [5, 5.41) is 0. The summed E-state index contributed by atoms with van der Waals surface area (Å²) < 4.78 is 5.39. The number of hydrogen-bond donors (Lipinski definition) is 0. The molecule has 0 bridgehead atoms. The number of fused-ring (bicyclic) bond motifs is 1. The Hall–Kier alpha value is -2.16. The maximum absolute atomic E-state index is 5.39. The van der Waals surface area contributed by atoms with Crippen molar-refractivity contribution in [2.45, 2.75) is 6.92 Å². The van der Waals surface area contributed by atoms with Crippen LogP contribution in [-0.2, 0) is 0 Å². The van der Waals surface area contributed by atoms with E-state index in [1.807, 2.05) is 31.2 Å². The highest BCUT2D eigenvalue weighted by molar-refractivity contribution is 5.88. The van der Waals surface area contributed by atoms with Crippen molar-refractivity contribution in [2.24, 2.45) is 0 Å². The molecule has 2 aromatic heterocycles. The van der Waals surface area contributed by atoms with Crippen LogP contribution in [0.4, 0.5) is 0 Å². The van der Waals surface area contributed by atoms with Crippen LogP contribution in [0.1, 0.15) is 12.6 Å². The molecular formula is C13H12N2O. The van der Waals surface area contributed by atoms with Gasteiger partial charge in [0.05, 0.1) is 6.26 Å². The molecule has 0 fully saturated rings. The molecule has 0 N–H and O–H groups in total. The summed E-state index contributed by atoms with van der Waals surface area (Å²) >= 11 is 0. The summed E-state index contributed by atoms with van der Waals surface area (Å²) in [5.41, 5.74) is 3.26. The van der Waals surface area contributed by atoms with Gasteiger partial charge in [0.1, 0.15) is 17.5 Å². The van der Waals surface area contributed by atoms with Crippen molar-refractivity contribution in [2.75, 3.05) is 0 Å². The number of furan rings is 1. The van der Waals surface area contributed by atoms with Crippen LogP contribution in [0.5, 0.6) is 0 Å². The van der Waals surface area contributed by atoms with Crippen molar-refractivity contribution in [3.63, 3.8) is 0 Å². The van der Waals surface area contributed by atoms with Crippen LogP contribution in [0.25, 0.3) is 16.7 Å². The van der Waals surface area contributed by atoms with Gasteiger partial charge in [-0.05, 0) is 6.92 Å². The molecule has 0 spiro atoms. The van der Waals surface area contributed by atoms with E-state index in [1.165, 1.54) is 6.33 Å². The lowest BCUT2D eigenvalue weighted by molar-refractivity contribution is 0.612. The Morgan fingerprint density at radius 2 is 2.31 bits per heavy atom. The van der Waals surface area contributed by atoms with Gasteiger partial charge in [-0.25, -0.2) is 9.97 Å². The SMILES string of the molecule is C=C/C=C(\C=C/C)c1ncnc2ccoc12. The molecule has 0 aliphatic heterocycles. The Morgan fingerprint density at radius 1 is 1.44 bits per heavy atom. The Kier molecular flexibility index (Phi) is 2.96. The molecule has 3 heteroatoms. The third kappa shape index (κ3) is 1.80. The molecule has 2 rings (SSSR count). The monoisotopic (exact) mass is 212 g/mol. The van der Waals surface area contributed by atoms with E-state index in [1.54, 1.807) is 12.3 Å². The minimum Gasteiger partial charge on any atom is -0.460 e. The Bertz CT molecular complexity index is 564. The molecule has 0 unspecified atom stereocenters. The third-order valence-electron chi connectivity index (χ3n) is 2.16. The quantitative estimate of drug-likeness (QED) is 0.732. The molecule has 0 saturated heterocycles. The maximum Gasteiger partial charge on any atom is 0.178 e. The second-order valence-corrected chi connectivity index (χ2v) is 3.21. The van der Waals surface area contributed by atoms with Gasteiger partial charge in [0, 0.05) is 11.6 Å². The van der Waals surface area contributed by atoms with Crippen molar-refractivity contribution >= 4 is 16.7 Å². The molecule has 0 radical (unpaired) electrons. The smallest absolute Gasteiger partial charge is 0.178 e. The molecule has 2 aromatic rings. The molecular weight excluding hydrogens is 200 g/mol. The summed E-state index contributed by atoms with van der Waals surface area (Å²) in [6.45, 7) is 5.65. The van der Waals surface area contributed by atoms with Crippen LogP contribution in [0.15, 0.2) is 54.0 Å². The normalized spacial score (nSPS) is 12.4. The first kappa shape index (κ1) is 10.4. The van der Waals surface area contributed by atoms with Gasteiger partial charge in [-0.3, -0.25) is 0 Å².